The lowest BCUT2D eigenvalue weighted by Gasteiger charge is -2.01. The lowest BCUT2D eigenvalue weighted by molar-refractivity contribution is 0.536. The van der Waals surface area contributed by atoms with E-state index in [0.717, 1.165) is 0 Å². The molecule has 1 unspecified atom stereocenters. The zero-order valence-electron chi connectivity index (χ0n) is 5.88. The van der Waals surface area contributed by atoms with Crippen molar-refractivity contribution < 1.29 is 8.42 Å². The Morgan fingerprint density at radius 3 is 1.78 bits per heavy atom. The van der Waals surface area contributed by atoms with Crippen LogP contribution in [0, 0.1) is 0 Å². The topological polar surface area (TPSA) is 37.1 Å². The minimum Gasteiger partial charge on any atom is -0.212 e. The van der Waals surface area contributed by atoms with Crippen molar-refractivity contribution in [3.8, 4) is 0 Å². The van der Waals surface area contributed by atoms with Gasteiger partial charge in [0.25, 0.3) is 0 Å². The lowest BCUT2D eigenvalue weighted by atomic mass is 10.3. The van der Waals surface area contributed by atoms with Crippen LogP contribution >= 0.6 is 0 Å². The van der Waals surface area contributed by atoms with Crippen LogP contribution in [0.5, 0.6) is 0 Å². The van der Waals surface area contributed by atoms with Crippen LogP contribution in [-0.4, -0.2) is 31.1 Å². The van der Waals surface area contributed by atoms with Gasteiger partial charge in [-0.15, -0.1) is 0 Å². The Balaban J connectivity index is 2.75. The van der Waals surface area contributed by atoms with Gasteiger partial charge in [-0.25, -0.2) is 8.42 Å². The second-order valence-electron chi connectivity index (χ2n) is 3.08. The Morgan fingerprint density at radius 1 is 1.44 bits per heavy atom. The van der Waals surface area contributed by atoms with E-state index in [2.05, 4.69) is 0 Å². The molecule has 0 amide bonds. The van der Waals surface area contributed by atoms with E-state index in [1.807, 2.05) is 13.8 Å². The van der Waals surface area contributed by atoms with Crippen LogP contribution in [0.1, 0.15) is 13.8 Å². The first kappa shape index (κ1) is 7.02. The van der Waals surface area contributed by atoms with Gasteiger partial charge in [-0.05, 0) is 13.8 Å². The van der Waals surface area contributed by atoms with E-state index in [9.17, 15) is 8.42 Å². The Kier molecular flexibility index (Phi) is 1.16. The molecular weight excluding hydrogens is 138 g/mol. The fourth-order valence-corrected chi connectivity index (χ4v) is 2.33. The number of sulfonamides is 1. The third-order valence-corrected chi connectivity index (χ3v) is 2.93. The Morgan fingerprint density at radius 2 is 1.78 bits per heavy atom. The van der Waals surface area contributed by atoms with Gasteiger partial charge in [0.2, 0.25) is 10.0 Å². The zero-order valence-corrected chi connectivity index (χ0v) is 6.70. The molecule has 54 valence electrons. The van der Waals surface area contributed by atoms with Crippen LogP contribution in [0.25, 0.3) is 0 Å². The zero-order chi connectivity index (χ0) is 7.28. The van der Waals surface area contributed by atoms with Crippen molar-refractivity contribution in [2.24, 2.45) is 0 Å². The summed E-state index contributed by atoms with van der Waals surface area (Å²) in [6.45, 7) is 4.49. The van der Waals surface area contributed by atoms with Crippen molar-refractivity contribution >= 4 is 10.0 Å². The molecule has 0 radical (unpaired) electrons. The van der Waals surface area contributed by atoms with Crippen molar-refractivity contribution in [1.29, 1.82) is 0 Å². The highest BCUT2D eigenvalue weighted by Gasteiger charge is 2.49. The normalized spacial score (nSPS) is 32.1. The molecule has 0 aliphatic carbocycles. The molecule has 1 saturated heterocycles. The molecule has 1 rings (SSSR count). The first-order valence-corrected chi connectivity index (χ1v) is 4.67. The molecular formula is C5H11NO2S. The van der Waals surface area contributed by atoms with Crippen molar-refractivity contribution in [1.82, 2.24) is 4.31 Å². The van der Waals surface area contributed by atoms with E-state index in [4.69, 9.17) is 0 Å². The van der Waals surface area contributed by atoms with Gasteiger partial charge < -0.3 is 0 Å². The molecule has 1 atom stereocenters. The molecule has 1 aliphatic rings. The molecule has 0 bridgehead atoms. The summed E-state index contributed by atoms with van der Waals surface area (Å²) in [6, 6.07) is 0. The Labute approximate surface area is 55.7 Å². The van der Waals surface area contributed by atoms with Gasteiger partial charge in [-0.3, -0.25) is 0 Å². The quantitative estimate of drug-likeness (QED) is 0.494. The molecule has 1 heterocycles. The van der Waals surface area contributed by atoms with Gasteiger partial charge in [0.1, 0.15) is 0 Å². The van der Waals surface area contributed by atoms with Crippen LogP contribution in [0.15, 0.2) is 0 Å². The highest BCUT2D eigenvalue weighted by Crippen LogP contribution is 2.33. The third-order valence-electron chi connectivity index (χ3n) is 1.50. The first-order valence-electron chi connectivity index (χ1n) is 2.82. The minimum atomic E-state index is -2.90. The molecule has 0 N–H and O–H groups in total. The average molecular weight is 149 g/mol. The highest BCUT2D eigenvalue weighted by atomic mass is 32.2. The van der Waals surface area contributed by atoms with Crippen LogP contribution in [0.3, 0.4) is 0 Å². The summed E-state index contributed by atoms with van der Waals surface area (Å²) in [6.07, 6.45) is 1.24. The van der Waals surface area contributed by atoms with Crippen molar-refractivity contribution in [3.63, 3.8) is 0 Å². The smallest absolute Gasteiger partial charge is 0.211 e. The maximum absolute atomic E-state index is 10.7. The van der Waals surface area contributed by atoms with Crippen LogP contribution in [0.4, 0.5) is 0 Å². The summed E-state index contributed by atoms with van der Waals surface area (Å²) >= 11 is 0. The summed E-state index contributed by atoms with van der Waals surface area (Å²) in [5.41, 5.74) is -0.104. The highest BCUT2D eigenvalue weighted by molar-refractivity contribution is 7.88. The second kappa shape index (κ2) is 1.49. The molecule has 0 aromatic rings. The summed E-state index contributed by atoms with van der Waals surface area (Å²) in [5.74, 6) is 0. The number of hydrogen-bond donors (Lipinski definition) is 0. The fraction of sp³-hybridized carbons (Fsp3) is 1.00. The molecule has 1 aliphatic heterocycles. The summed E-state index contributed by atoms with van der Waals surface area (Å²) in [7, 11) is -2.90. The standard InChI is InChI=1S/C5H11NO2S/c1-5(2)4-6(5)9(3,7)8/h4H2,1-3H3. The van der Waals surface area contributed by atoms with Crippen molar-refractivity contribution in [2.75, 3.05) is 12.8 Å². The minimum absolute atomic E-state index is 0.104. The lowest BCUT2D eigenvalue weighted by Crippen LogP contribution is -2.16. The molecule has 4 heteroatoms. The summed E-state index contributed by atoms with van der Waals surface area (Å²) in [4.78, 5) is 0. The van der Waals surface area contributed by atoms with E-state index in [0.29, 0.717) is 6.54 Å². The fourth-order valence-electron chi connectivity index (χ4n) is 0.882. The largest absolute Gasteiger partial charge is 0.212 e. The van der Waals surface area contributed by atoms with E-state index < -0.39 is 10.0 Å². The summed E-state index contributed by atoms with van der Waals surface area (Å²) < 4.78 is 22.9. The van der Waals surface area contributed by atoms with Gasteiger partial charge >= 0.3 is 0 Å². The van der Waals surface area contributed by atoms with Gasteiger partial charge in [-0.1, -0.05) is 0 Å². The Hall–Kier alpha value is -0.0900. The van der Waals surface area contributed by atoms with Crippen molar-refractivity contribution in [3.05, 3.63) is 0 Å². The SMILES string of the molecule is CC1(C)CN1S(C)(=O)=O. The monoisotopic (exact) mass is 149 g/mol. The number of nitrogens with zero attached hydrogens (tertiary/aromatic N) is 1. The van der Waals surface area contributed by atoms with E-state index in [-0.39, 0.29) is 5.54 Å². The molecule has 0 spiro atoms. The van der Waals surface area contributed by atoms with E-state index >= 15 is 0 Å². The van der Waals surface area contributed by atoms with E-state index in [1.165, 1.54) is 10.6 Å². The second-order valence-corrected chi connectivity index (χ2v) is 4.99. The molecule has 0 saturated carbocycles. The first-order chi connectivity index (χ1) is 3.84. The van der Waals surface area contributed by atoms with Crippen LogP contribution in [-0.2, 0) is 10.0 Å². The predicted molar refractivity (Wildman–Crippen MR) is 35.6 cm³/mol. The van der Waals surface area contributed by atoms with Crippen LogP contribution < -0.4 is 0 Å². The molecule has 0 aromatic heterocycles. The molecule has 3 nitrogen and oxygen atoms in total. The van der Waals surface area contributed by atoms with Gasteiger partial charge in [0.05, 0.1) is 6.26 Å². The van der Waals surface area contributed by atoms with Gasteiger partial charge in [0, 0.05) is 12.1 Å². The maximum Gasteiger partial charge on any atom is 0.211 e. The predicted octanol–water partition coefficient (Wildman–Crippen LogP) is 0.0402. The molecule has 9 heavy (non-hydrogen) atoms. The summed E-state index contributed by atoms with van der Waals surface area (Å²) in [5, 5.41) is 0. The van der Waals surface area contributed by atoms with E-state index in [1.54, 1.807) is 0 Å². The number of rotatable bonds is 1. The van der Waals surface area contributed by atoms with Gasteiger partial charge in [0.15, 0.2) is 0 Å². The van der Waals surface area contributed by atoms with Crippen molar-refractivity contribution in [2.45, 2.75) is 19.4 Å². The third kappa shape index (κ3) is 1.24. The maximum atomic E-state index is 10.7. The average Bonchev–Trinajstić information content (AvgIpc) is 2.10. The van der Waals surface area contributed by atoms with Crippen LogP contribution in [0.2, 0.25) is 0 Å². The van der Waals surface area contributed by atoms with Gasteiger partial charge in [-0.2, -0.15) is 4.31 Å². The Bertz CT molecular complexity index is 217. The molecule has 0 aromatic carbocycles. The molecule has 1 fully saturated rings. The number of hydrogen-bond acceptors (Lipinski definition) is 2.